The molecular formula is C26H40N4O4. The van der Waals surface area contributed by atoms with Gasteiger partial charge in [-0.25, -0.2) is 4.79 Å². The van der Waals surface area contributed by atoms with Gasteiger partial charge in [0.05, 0.1) is 13.1 Å². The van der Waals surface area contributed by atoms with Gasteiger partial charge in [0.1, 0.15) is 6.10 Å². The molecule has 3 aliphatic rings. The van der Waals surface area contributed by atoms with Crippen LogP contribution in [0, 0.1) is 5.92 Å². The lowest BCUT2D eigenvalue weighted by molar-refractivity contribution is -0.138. The molecule has 1 unspecified atom stereocenters. The minimum atomic E-state index is -0.776. The molecule has 0 saturated carbocycles. The number of carbonyl (C=O) groups is 2. The molecule has 3 aliphatic heterocycles. The van der Waals surface area contributed by atoms with E-state index in [0.717, 1.165) is 58.2 Å². The van der Waals surface area contributed by atoms with Gasteiger partial charge in [0, 0.05) is 45.8 Å². The topological polar surface area (TPSA) is 76.6 Å². The fraction of sp³-hybridized carbons (Fsp3) is 0.692. The second-order valence-electron chi connectivity index (χ2n) is 10.1. The average Bonchev–Trinajstić information content (AvgIpc) is 3.18. The van der Waals surface area contributed by atoms with Gasteiger partial charge in [-0.2, -0.15) is 0 Å². The van der Waals surface area contributed by atoms with Crippen LogP contribution in [0.2, 0.25) is 0 Å². The summed E-state index contributed by atoms with van der Waals surface area (Å²) in [4.78, 5) is 31.8. The van der Waals surface area contributed by atoms with Crippen molar-refractivity contribution in [2.45, 2.75) is 44.8 Å². The van der Waals surface area contributed by atoms with Gasteiger partial charge < -0.3 is 14.7 Å². The van der Waals surface area contributed by atoms with Gasteiger partial charge in [-0.15, -0.1) is 0 Å². The number of carboxylic acid groups (broad SMARTS) is 1. The summed E-state index contributed by atoms with van der Waals surface area (Å²) in [5.74, 6) is 0.0347. The van der Waals surface area contributed by atoms with Crippen molar-refractivity contribution in [1.82, 2.24) is 19.6 Å². The zero-order valence-corrected chi connectivity index (χ0v) is 20.3. The predicted molar refractivity (Wildman–Crippen MR) is 131 cm³/mol. The maximum atomic E-state index is 12.3. The first-order chi connectivity index (χ1) is 16.5. The van der Waals surface area contributed by atoms with E-state index < -0.39 is 5.97 Å². The highest BCUT2D eigenvalue weighted by atomic mass is 16.6. The number of cyclic esters (lactones) is 1. The zero-order chi connectivity index (χ0) is 23.8. The van der Waals surface area contributed by atoms with Crippen molar-refractivity contribution in [2.75, 3.05) is 65.4 Å². The van der Waals surface area contributed by atoms with E-state index in [2.05, 4.69) is 40.1 Å². The van der Waals surface area contributed by atoms with Gasteiger partial charge in [-0.1, -0.05) is 43.2 Å². The number of aliphatic carboxylic acids is 1. The molecule has 0 bridgehead atoms. The van der Waals surface area contributed by atoms with Crippen LogP contribution < -0.4 is 0 Å². The number of amides is 1. The molecule has 3 saturated heterocycles. The Morgan fingerprint density at radius 1 is 0.941 bits per heavy atom. The molecule has 3 fully saturated rings. The molecule has 1 amide bonds. The first-order valence-corrected chi connectivity index (χ1v) is 12.9. The highest BCUT2D eigenvalue weighted by Gasteiger charge is 2.33. The van der Waals surface area contributed by atoms with E-state index in [9.17, 15) is 9.59 Å². The van der Waals surface area contributed by atoms with Crippen LogP contribution in [-0.4, -0.2) is 108 Å². The quantitative estimate of drug-likeness (QED) is 0.496. The Hall–Kier alpha value is -2.16. The number of hydrogen-bond acceptors (Lipinski definition) is 6. The van der Waals surface area contributed by atoms with Crippen LogP contribution in [-0.2, 0) is 16.1 Å². The number of nitrogens with zero attached hydrogens (tertiary/aromatic N) is 4. The average molecular weight is 473 g/mol. The Bertz CT molecular complexity index is 776. The molecular weight excluding hydrogens is 432 g/mol. The second-order valence-corrected chi connectivity index (χ2v) is 10.1. The third-order valence-corrected chi connectivity index (χ3v) is 7.48. The van der Waals surface area contributed by atoms with Gasteiger partial charge in [0.2, 0.25) is 0 Å². The Morgan fingerprint density at radius 3 is 2.35 bits per heavy atom. The monoisotopic (exact) mass is 472 g/mol. The Labute approximate surface area is 203 Å². The predicted octanol–water partition coefficient (Wildman–Crippen LogP) is 2.59. The maximum absolute atomic E-state index is 12.3. The van der Waals surface area contributed by atoms with Gasteiger partial charge in [-0.3, -0.25) is 19.5 Å². The smallest absolute Gasteiger partial charge is 0.410 e. The maximum Gasteiger partial charge on any atom is 0.410 e. The number of ether oxygens (including phenoxy) is 1. The highest BCUT2D eigenvalue weighted by molar-refractivity contribution is 5.70. The Balaban J connectivity index is 1.06. The van der Waals surface area contributed by atoms with Crippen LogP contribution in [0.15, 0.2) is 30.3 Å². The van der Waals surface area contributed by atoms with E-state index in [4.69, 9.17) is 9.84 Å². The third-order valence-electron chi connectivity index (χ3n) is 7.48. The Morgan fingerprint density at radius 2 is 1.65 bits per heavy atom. The number of carbonyl (C=O) groups excluding carboxylic acids is 1. The van der Waals surface area contributed by atoms with Crippen molar-refractivity contribution < 1.29 is 19.4 Å². The second kappa shape index (κ2) is 12.5. The Kier molecular flexibility index (Phi) is 9.18. The molecule has 0 radical (unpaired) electrons. The molecule has 34 heavy (non-hydrogen) atoms. The number of carboxylic acids is 1. The summed E-state index contributed by atoms with van der Waals surface area (Å²) in [6.07, 6.45) is 5.77. The number of hydrogen-bond donors (Lipinski definition) is 1. The number of likely N-dealkylation sites (tertiary alicyclic amines) is 1. The molecule has 8 nitrogen and oxygen atoms in total. The van der Waals surface area contributed by atoms with E-state index in [1.54, 1.807) is 0 Å². The van der Waals surface area contributed by atoms with Crippen molar-refractivity contribution in [2.24, 2.45) is 5.92 Å². The van der Waals surface area contributed by atoms with Crippen molar-refractivity contribution in [1.29, 1.82) is 0 Å². The van der Waals surface area contributed by atoms with Crippen molar-refractivity contribution >= 4 is 12.1 Å². The number of unbranched alkanes of at least 4 members (excludes halogenated alkanes) is 1. The summed E-state index contributed by atoms with van der Waals surface area (Å²) in [7, 11) is 0. The molecule has 1 N–H and O–H groups in total. The minimum absolute atomic E-state index is 0.0764. The number of piperazine rings is 1. The molecule has 0 aliphatic carbocycles. The summed E-state index contributed by atoms with van der Waals surface area (Å²) in [5, 5.41) is 8.92. The van der Waals surface area contributed by atoms with Crippen LogP contribution in [0.5, 0.6) is 0 Å². The number of rotatable bonds is 11. The van der Waals surface area contributed by atoms with Gasteiger partial charge in [0.25, 0.3) is 0 Å². The van der Waals surface area contributed by atoms with Crippen LogP contribution in [0.3, 0.4) is 0 Å². The van der Waals surface area contributed by atoms with E-state index in [1.807, 2.05) is 9.80 Å². The fourth-order valence-electron chi connectivity index (χ4n) is 5.47. The SMILES string of the molecule is O=C(O)CN1CCN(CC2CN(CCCCC3CCN(Cc4ccccc4)CC3)C(=O)O2)CC1. The molecule has 1 aromatic rings. The van der Waals surface area contributed by atoms with E-state index >= 15 is 0 Å². The molecule has 1 aromatic carbocycles. The van der Waals surface area contributed by atoms with E-state index in [-0.39, 0.29) is 18.7 Å². The standard InChI is InChI=1S/C26H40N4O4/c31-25(32)21-29-16-14-28(15-17-29)19-24-20-30(26(33)34-24)11-5-4-6-22-9-12-27(13-10-22)18-23-7-2-1-3-8-23/h1-3,7-8,22,24H,4-6,9-21H2,(H,31,32). The van der Waals surface area contributed by atoms with E-state index in [0.29, 0.717) is 6.54 Å². The lowest BCUT2D eigenvalue weighted by Gasteiger charge is -2.34. The highest BCUT2D eigenvalue weighted by Crippen LogP contribution is 2.24. The summed E-state index contributed by atoms with van der Waals surface area (Å²) in [5.41, 5.74) is 1.40. The van der Waals surface area contributed by atoms with Crippen molar-refractivity contribution in [3.8, 4) is 0 Å². The van der Waals surface area contributed by atoms with Gasteiger partial charge in [-0.05, 0) is 43.8 Å². The van der Waals surface area contributed by atoms with Crippen LogP contribution in [0.25, 0.3) is 0 Å². The summed E-state index contributed by atoms with van der Waals surface area (Å²) < 4.78 is 5.61. The summed E-state index contributed by atoms with van der Waals surface area (Å²) in [6.45, 7) is 8.89. The van der Waals surface area contributed by atoms with Crippen LogP contribution in [0.4, 0.5) is 4.79 Å². The molecule has 8 heteroatoms. The van der Waals surface area contributed by atoms with E-state index in [1.165, 1.54) is 44.3 Å². The van der Waals surface area contributed by atoms with Crippen molar-refractivity contribution in [3.63, 3.8) is 0 Å². The first-order valence-electron chi connectivity index (χ1n) is 12.9. The third kappa shape index (κ3) is 7.68. The summed E-state index contributed by atoms with van der Waals surface area (Å²) >= 11 is 0. The molecule has 4 rings (SSSR count). The molecule has 1 atom stereocenters. The molecule has 0 aromatic heterocycles. The number of piperidine rings is 1. The largest absolute Gasteiger partial charge is 0.480 e. The first kappa shape index (κ1) is 24.9. The minimum Gasteiger partial charge on any atom is -0.480 e. The number of benzene rings is 1. The zero-order valence-electron chi connectivity index (χ0n) is 20.3. The lowest BCUT2D eigenvalue weighted by Crippen LogP contribution is -2.50. The van der Waals surface area contributed by atoms with Crippen molar-refractivity contribution in [3.05, 3.63) is 35.9 Å². The van der Waals surface area contributed by atoms with Gasteiger partial charge in [0.15, 0.2) is 0 Å². The molecule has 3 heterocycles. The van der Waals surface area contributed by atoms with Crippen LogP contribution in [0.1, 0.15) is 37.7 Å². The molecule has 0 spiro atoms. The van der Waals surface area contributed by atoms with Crippen LogP contribution >= 0.6 is 0 Å². The molecule has 188 valence electrons. The fourth-order valence-corrected chi connectivity index (χ4v) is 5.47. The van der Waals surface area contributed by atoms with Gasteiger partial charge >= 0.3 is 12.1 Å². The summed E-state index contributed by atoms with van der Waals surface area (Å²) in [6, 6.07) is 10.7. The normalized spacial score (nSPS) is 23.4. The lowest BCUT2D eigenvalue weighted by atomic mass is 9.91.